The van der Waals surface area contributed by atoms with Crippen molar-refractivity contribution in [3.63, 3.8) is 0 Å². The molecule has 0 fully saturated rings. The van der Waals surface area contributed by atoms with Crippen molar-refractivity contribution in [3.05, 3.63) is 79.0 Å². The molecule has 4 aromatic rings. The number of H-pyrrole nitrogens is 1. The number of unbranched alkanes of at least 4 members (excludes halogenated alkanes) is 2. The van der Waals surface area contributed by atoms with E-state index in [1.165, 1.54) is 18.5 Å². The molecule has 0 unspecified atom stereocenters. The van der Waals surface area contributed by atoms with Crippen LogP contribution in [0.5, 0.6) is 5.75 Å². The molecule has 0 amide bonds. The lowest BCUT2D eigenvalue weighted by Crippen LogP contribution is -2.22. The van der Waals surface area contributed by atoms with Crippen LogP contribution in [-0.4, -0.2) is 42.1 Å². The first kappa shape index (κ1) is 34.5. The van der Waals surface area contributed by atoms with Gasteiger partial charge in [0.15, 0.2) is 17.1 Å². The number of benzene rings is 1. The first-order valence-corrected chi connectivity index (χ1v) is 13.2. The van der Waals surface area contributed by atoms with E-state index in [0.717, 1.165) is 19.3 Å². The van der Waals surface area contributed by atoms with E-state index in [0.29, 0.717) is 40.7 Å². The number of hydrogen-bond donors (Lipinski definition) is 3. The van der Waals surface area contributed by atoms with Crippen LogP contribution < -0.4 is 11.1 Å². The number of nitrogens with one attached hydrogen (secondary N) is 1. The number of aromatic amines is 1. The summed E-state index contributed by atoms with van der Waals surface area (Å²) in [7, 11) is 0.500. The van der Waals surface area contributed by atoms with Crippen LogP contribution in [0.3, 0.4) is 0 Å². The number of alkyl halides is 4. The molecule has 0 atom stereocenters. The number of hydrogen-bond acceptors (Lipinski definition) is 7. The van der Waals surface area contributed by atoms with Crippen molar-refractivity contribution in [1.29, 1.82) is 0 Å². The summed E-state index contributed by atoms with van der Waals surface area (Å²) < 4.78 is 62.3. The molecule has 0 aliphatic heterocycles. The Morgan fingerprint density at radius 2 is 1.64 bits per heavy atom. The van der Waals surface area contributed by atoms with E-state index in [2.05, 4.69) is 37.9 Å². The van der Waals surface area contributed by atoms with Gasteiger partial charge in [-0.25, -0.2) is 19.5 Å². The fourth-order valence-electron chi connectivity index (χ4n) is 3.68. The third-order valence-electron chi connectivity index (χ3n) is 5.85. The van der Waals surface area contributed by atoms with Crippen LogP contribution in [0.4, 0.5) is 22.0 Å². The van der Waals surface area contributed by atoms with Crippen molar-refractivity contribution in [3.8, 4) is 17.1 Å². The number of halogens is 6. The van der Waals surface area contributed by atoms with Crippen LogP contribution >= 0.6 is 15.9 Å². The van der Waals surface area contributed by atoms with Gasteiger partial charge in [0, 0.05) is 40.6 Å². The van der Waals surface area contributed by atoms with E-state index in [-0.39, 0.29) is 16.9 Å². The Kier molecular flexibility index (Phi) is 11.9. The topological polar surface area (TPSA) is 134 Å². The van der Waals surface area contributed by atoms with Crippen molar-refractivity contribution < 1.29 is 32.2 Å². The van der Waals surface area contributed by atoms with Crippen LogP contribution in [0.25, 0.3) is 22.2 Å². The average Bonchev–Trinajstić information content (AvgIpc) is 2.91. The van der Waals surface area contributed by atoms with Crippen molar-refractivity contribution in [2.45, 2.75) is 58.4 Å². The molecule has 0 aliphatic rings. The molecule has 0 bridgehead atoms. The Morgan fingerprint density at radius 3 is 2.14 bits per heavy atom. The molecule has 1 aromatic carbocycles. The first-order chi connectivity index (χ1) is 19.6. The SMILES string of the molecule is CCCCCn1cc(Br)c2cc(-c3ncc(C(C)(C)O)cn3)c(F)cc2c1=O.CF.O=c1[nH]ncc(O)c1C(F)(F)F. The molecule has 0 spiro atoms. The molecule has 3 aromatic heterocycles. The highest BCUT2D eigenvalue weighted by Crippen LogP contribution is 2.32. The summed E-state index contributed by atoms with van der Waals surface area (Å²) in [6.07, 6.45) is 3.36. The van der Waals surface area contributed by atoms with Crippen molar-refractivity contribution in [2.75, 3.05) is 7.18 Å². The third kappa shape index (κ3) is 8.41. The summed E-state index contributed by atoms with van der Waals surface area (Å²) >= 11 is 3.50. The Hall–Kier alpha value is -3.72. The Bertz CT molecular complexity index is 1620. The standard InChI is InChI=1S/C21H23BrFN3O2.C5H3F3N2O2.CH3F/c1-4-5-6-7-26-12-17(22)14-8-16(18(23)9-15(14)20(26)27)19-24-10-13(11-25-19)21(2,3)28;6-5(7,8)3-2(11)1-9-10-4(3)12;1-2/h8-12,28H,4-7H2,1-3H3;1H,(H2,10,11,12);1H3. The zero-order valence-corrected chi connectivity index (χ0v) is 24.6. The minimum Gasteiger partial charge on any atom is -0.505 e. The van der Waals surface area contributed by atoms with Crippen molar-refractivity contribution >= 4 is 26.7 Å². The zero-order chi connectivity index (χ0) is 31.8. The van der Waals surface area contributed by atoms with Crippen molar-refractivity contribution in [1.82, 2.24) is 24.7 Å². The molecule has 3 heterocycles. The maximum absolute atomic E-state index is 14.8. The number of aromatic hydroxyl groups is 1. The molecule has 3 N–H and O–H groups in total. The average molecular weight is 662 g/mol. The van der Waals surface area contributed by atoms with E-state index < -0.39 is 34.5 Å². The summed E-state index contributed by atoms with van der Waals surface area (Å²) in [6, 6.07) is 2.84. The second-order valence-electron chi connectivity index (χ2n) is 9.37. The molecule has 228 valence electrons. The predicted octanol–water partition coefficient (Wildman–Crippen LogP) is 5.86. The highest BCUT2D eigenvalue weighted by molar-refractivity contribution is 9.10. The lowest BCUT2D eigenvalue weighted by atomic mass is 10.0. The van der Waals surface area contributed by atoms with Gasteiger partial charge in [-0.3, -0.25) is 14.0 Å². The number of pyridine rings is 1. The fourth-order valence-corrected chi connectivity index (χ4v) is 4.26. The third-order valence-corrected chi connectivity index (χ3v) is 6.48. The molecule has 9 nitrogen and oxygen atoms in total. The van der Waals surface area contributed by atoms with Gasteiger partial charge in [-0.2, -0.15) is 18.3 Å². The van der Waals surface area contributed by atoms with Crippen LogP contribution in [0, 0.1) is 5.82 Å². The van der Waals surface area contributed by atoms with Crippen LogP contribution in [0.2, 0.25) is 0 Å². The molecule has 4 rings (SSSR count). The Morgan fingerprint density at radius 1 is 1.02 bits per heavy atom. The number of fused-ring (bicyclic) bond motifs is 1. The lowest BCUT2D eigenvalue weighted by molar-refractivity contribution is -0.140. The highest BCUT2D eigenvalue weighted by atomic mass is 79.9. The van der Waals surface area contributed by atoms with E-state index in [9.17, 15) is 36.6 Å². The van der Waals surface area contributed by atoms with Crippen molar-refractivity contribution in [2.24, 2.45) is 0 Å². The second kappa shape index (κ2) is 14.4. The van der Waals surface area contributed by atoms with Gasteiger partial charge in [-0.15, -0.1) is 0 Å². The maximum atomic E-state index is 14.8. The highest BCUT2D eigenvalue weighted by Gasteiger charge is 2.37. The second-order valence-corrected chi connectivity index (χ2v) is 10.2. The van der Waals surface area contributed by atoms with Gasteiger partial charge in [0.2, 0.25) is 0 Å². The van der Waals surface area contributed by atoms with Gasteiger partial charge in [0.1, 0.15) is 5.82 Å². The molecule has 0 aliphatic carbocycles. The van der Waals surface area contributed by atoms with E-state index in [4.69, 9.17) is 5.11 Å². The molecule has 0 saturated heterocycles. The van der Waals surface area contributed by atoms with Gasteiger partial charge in [-0.1, -0.05) is 19.8 Å². The van der Waals surface area contributed by atoms with E-state index >= 15 is 0 Å². The summed E-state index contributed by atoms with van der Waals surface area (Å²) in [5, 5.41) is 24.1. The largest absolute Gasteiger partial charge is 0.505 e. The van der Waals surface area contributed by atoms with Gasteiger partial charge in [-0.05, 0) is 48.3 Å². The van der Waals surface area contributed by atoms with Gasteiger partial charge < -0.3 is 14.8 Å². The van der Waals surface area contributed by atoms with Crippen LogP contribution in [-0.2, 0) is 18.3 Å². The zero-order valence-electron chi connectivity index (χ0n) is 23.1. The summed E-state index contributed by atoms with van der Waals surface area (Å²) in [6.45, 7) is 5.97. The van der Waals surface area contributed by atoms with Crippen LogP contribution in [0.15, 0.2) is 51.0 Å². The molecule has 42 heavy (non-hydrogen) atoms. The Labute approximate surface area is 245 Å². The Balaban J connectivity index is 0.000000368. The number of aryl methyl sites for hydroxylation is 1. The number of aromatic nitrogens is 5. The molecule has 15 heteroatoms. The molecular weight excluding hydrogens is 633 g/mol. The van der Waals surface area contributed by atoms with Crippen LogP contribution in [0.1, 0.15) is 51.2 Å². The quantitative estimate of drug-likeness (QED) is 0.174. The summed E-state index contributed by atoms with van der Waals surface area (Å²) in [4.78, 5) is 31.6. The smallest absolute Gasteiger partial charge is 0.425 e. The number of nitrogens with zero attached hydrogens (tertiary/aromatic N) is 4. The predicted molar refractivity (Wildman–Crippen MR) is 150 cm³/mol. The van der Waals surface area contributed by atoms with E-state index in [1.54, 1.807) is 35.8 Å². The normalized spacial score (nSPS) is 11.4. The summed E-state index contributed by atoms with van der Waals surface area (Å²) in [5.41, 5.74) is -3.63. The van der Waals surface area contributed by atoms with Gasteiger partial charge in [0.05, 0.1) is 29.9 Å². The number of rotatable bonds is 6. The molecule has 0 saturated carbocycles. The van der Waals surface area contributed by atoms with Gasteiger partial charge >= 0.3 is 6.18 Å². The maximum Gasteiger partial charge on any atom is 0.425 e. The molecule has 0 radical (unpaired) electrons. The lowest BCUT2D eigenvalue weighted by Gasteiger charge is -2.16. The first-order valence-electron chi connectivity index (χ1n) is 12.4. The van der Waals surface area contributed by atoms with Gasteiger partial charge in [0.25, 0.3) is 11.1 Å². The fraction of sp³-hybridized carbons (Fsp3) is 0.370. The monoisotopic (exact) mass is 661 g/mol. The minimum atomic E-state index is -4.86. The number of aliphatic hydroxyl groups is 1. The minimum absolute atomic E-state index is 0.200. The van der Waals surface area contributed by atoms with E-state index in [1.807, 2.05) is 0 Å². The summed E-state index contributed by atoms with van der Waals surface area (Å²) in [5.74, 6) is -1.53. The molecular formula is C27H29BrF5N5O4.